The van der Waals surface area contributed by atoms with Gasteiger partial charge < -0.3 is 9.88 Å². The molecule has 0 radical (unpaired) electrons. The molecule has 1 amide bonds. The highest BCUT2D eigenvalue weighted by Gasteiger charge is 2.16. The number of pyridine rings is 1. The first-order valence-corrected chi connectivity index (χ1v) is 8.25. The Morgan fingerprint density at radius 2 is 2.00 bits per heavy atom. The van der Waals surface area contributed by atoms with Gasteiger partial charge in [-0.05, 0) is 45.0 Å². The Kier molecular flexibility index (Phi) is 4.46. The summed E-state index contributed by atoms with van der Waals surface area (Å²) in [7, 11) is 0. The van der Waals surface area contributed by atoms with Crippen LogP contribution in [-0.4, -0.2) is 25.9 Å². The topological polar surface area (TPSA) is 90.1 Å². The van der Waals surface area contributed by atoms with E-state index >= 15 is 0 Å². The van der Waals surface area contributed by atoms with E-state index in [1.54, 1.807) is 24.3 Å². The SMILES string of the molecule is CC(C)(C)NC(=O)c1cccc(Cn2ccc3cc([N+](=O)[O-])ccc32)n1. The van der Waals surface area contributed by atoms with Crippen LogP contribution in [0.1, 0.15) is 37.0 Å². The lowest BCUT2D eigenvalue weighted by atomic mass is 10.1. The monoisotopic (exact) mass is 352 g/mol. The molecule has 0 aliphatic heterocycles. The van der Waals surface area contributed by atoms with Crippen LogP contribution < -0.4 is 5.32 Å². The molecule has 0 spiro atoms. The lowest BCUT2D eigenvalue weighted by Crippen LogP contribution is -2.41. The highest BCUT2D eigenvalue weighted by Crippen LogP contribution is 2.22. The van der Waals surface area contributed by atoms with E-state index in [4.69, 9.17) is 0 Å². The zero-order valence-electron chi connectivity index (χ0n) is 14.9. The number of nitro benzene ring substituents is 1. The van der Waals surface area contributed by atoms with Gasteiger partial charge in [0.1, 0.15) is 5.69 Å². The van der Waals surface area contributed by atoms with Crippen LogP contribution in [0.4, 0.5) is 5.69 Å². The minimum atomic E-state index is -0.407. The molecule has 2 heterocycles. The van der Waals surface area contributed by atoms with Gasteiger partial charge in [-0.2, -0.15) is 0 Å². The number of non-ortho nitro benzene ring substituents is 1. The number of nitrogens with one attached hydrogen (secondary N) is 1. The quantitative estimate of drug-likeness (QED) is 0.574. The van der Waals surface area contributed by atoms with Gasteiger partial charge in [0.05, 0.1) is 17.2 Å². The molecule has 0 saturated heterocycles. The maximum Gasteiger partial charge on any atom is 0.270 e. The van der Waals surface area contributed by atoms with E-state index in [-0.39, 0.29) is 17.1 Å². The summed E-state index contributed by atoms with van der Waals surface area (Å²) >= 11 is 0. The number of fused-ring (bicyclic) bond motifs is 1. The van der Waals surface area contributed by atoms with Crippen molar-refractivity contribution in [2.75, 3.05) is 0 Å². The van der Waals surface area contributed by atoms with Crippen molar-refractivity contribution in [3.63, 3.8) is 0 Å². The zero-order valence-corrected chi connectivity index (χ0v) is 14.9. The van der Waals surface area contributed by atoms with E-state index in [1.807, 2.05) is 43.7 Å². The van der Waals surface area contributed by atoms with E-state index in [0.29, 0.717) is 12.2 Å². The third-order valence-electron chi connectivity index (χ3n) is 3.83. The Morgan fingerprint density at radius 3 is 2.69 bits per heavy atom. The molecule has 0 atom stereocenters. The summed E-state index contributed by atoms with van der Waals surface area (Å²) in [6.07, 6.45) is 1.86. The van der Waals surface area contributed by atoms with Crippen molar-refractivity contribution < 1.29 is 9.72 Å². The molecule has 0 fully saturated rings. The molecular formula is C19H20N4O3. The summed E-state index contributed by atoms with van der Waals surface area (Å²) < 4.78 is 1.95. The third-order valence-corrected chi connectivity index (χ3v) is 3.83. The maximum atomic E-state index is 12.3. The fourth-order valence-corrected chi connectivity index (χ4v) is 2.71. The van der Waals surface area contributed by atoms with Gasteiger partial charge in [-0.3, -0.25) is 14.9 Å². The second-order valence-corrected chi connectivity index (χ2v) is 7.16. The highest BCUT2D eigenvalue weighted by atomic mass is 16.6. The van der Waals surface area contributed by atoms with Gasteiger partial charge in [-0.25, -0.2) is 4.98 Å². The van der Waals surface area contributed by atoms with E-state index < -0.39 is 4.92 Å². The van der Waals surface area contributed by atoms with Crippen LogP contribution in [0.5, 0.6) is 0 Å². The summed E-state index contributed by atoms with van der Waals surface area (Å²) in [4.78, 5) is 27.2. The number of rotatable bonds is 4. The number of hydrogen-bond donors (Lipinski definition) is 1. The molecular weight excluding hydrogens is 332 g/mol. The molecule has 0 bridgehead atoms. The molecule has 0 aliphatic rings. The molecule has 1 aromatic carbocycles. The van der Waals surface area contributed by atoms with Crippen LogP contribution >= 0.6 is 0 Å². The van der Waals surface area contributed by atoms with Gasteiger partial charge in [0.25, 0.3) is 11.6 Å². The highest BCUT2D eigenvalue weighted by molar-refractivity contribution is 5.92. The molecule has 0 unspecified atom stereocenters. The van der Waals surface area contributed by atoms with Gasteiger partial charge in [0, 0.05) is 34.8 Å². The molecule has 7 nitrogen and oxygen atoms in total. The summed E-state index contributed by atoms with van der Waals surface area (Å²) in [5, 5.41) is 14.6. The van der Waals surface area contributed by atoms with Crippen molar-refractivity contribution >= 4 is 22.5 Å². The first-order chi connectivity index (χ1) is 12.2. The average molecular weight is 352 g/mol. The standard InChI is InChI=1S/C19H20N4O3/c1-19(2,3)21-18(24)16-6-4-5-14(20-16)12-22-10-9-13-11-15(23(25)26)7-8-17(13)22/h4-11H,12H2,1-3H3,(H,21,24). The lowest BCUT2D eigenvalue weighted by Gasteiger charge is -2.20. The van der Waals surface area contributed by atoms with Crippen LogP contribution in [0.2, 0.25) is 0 Å². The van der Waals surface area contributed by atoms with Crippen LogP contribution in [0.3, 0.4) is 0 Å². The summed E-state index contributed by atoms with van der Waals surface area (Å²) in [6, 6.07) is 11.9. The Bertz CT molecular complexity index is 986. The Morgan fingerprint density at radius 1 is 1.23 bits per heavy atom. The molecule has 134 valence electrons. The predicted molar refractivity (Wildman–Crippen MR) is 99.2 cm³/mol. The normalized spacial score (nSPS) is 11.5. The van der Waals surface area contributed by atoms with Crippen LogP contribution in [0, 0.1) is 10.1 Å². The number of aromatic nitrogens is 2. The first-order valence-electron chi connectivity index (χ1n) is 8.25. The Hall–Kier alpha value is -3.22. The van der Waals surface area contributed by atoms with Crippen molar-refractivity contribution in [2.45, 2.75) is 32.9 Å². The second-order valence-electron chi connectivity index (χ2n) is 7.16. The predicted octanol–water partition coefficient (Wildman–Crippen LogP) is 3.52. The second kappa shape index (κ2) is 6.59. The molecule has 2 aromatic heterocycles. The third kappa shape index (κ3) is 3.88. The van der Waals surface area contributed by atoms with Crippen molar-refractivity contribution in [1.82, 2.24) is 14.9 Å². The van der Waals surface area contributed by atoms with Crippen molar-refractivity contribution in [1.29, 1.82) is 0 Å². The Labute approximate surface area is 150 Å². The molecule has 3 aromatic rings. The molecule has 1 N–H and O–H groups in total. The maximum absolute atomic E-state index is 12.3. The van der Waals surface area contributed by atoms with E-state index in [1.165, 1.54) is 6.07 Å². The molecule has 0 aliphatic carbocycles. The smallest absolute Gasteiger partial charge is 0.270 e. The van der Waals surface area contributed by atoms with E-state index in [0.717, 1.165) is 16.6 Å². The summed E-state index contributed by atoms with van der Waals surface area (Å²) in [5.74, 6) is -0.215. The van der Waals surface area contributed by atoms with Gasteiger partial charge in [-0.15, -0.1) is 0 Å². The number of nitrogens with zero attached hydrogens (tertiary/aromatic N) is 3. The molecule has 26 heavy (non-hydrogen) atoms. The fourth-order valence-electron chi connectivity index (χ4n) is 2.71. The van der Waals surface area contributed by atoms with Crippen molar-refractivity contribution in [3.05, 3.63) is 70.2 Å². The molecule has 7 heteroatoms. The van der Waals surface area contributed by atoms with Gasteiger partial charge in [0.2, 0.25) is 0 Å². The van der Waals surface area contributed by atoms with E-state index in [2.05, 4.69) is 10.3 Å². The number of carbonyl (C=O) groups is 1. The summed E-state index contributed by atoms with van der Waals surface area (Å²) in [5.41, 5.74) is 1.71. The van der Waals surface area contributed by atoms with Gasteiger partial charge in [0.15, 0.2) is 0 Å². The molecule has 0 saturated carbocycles. The Balaban J connectivity index is 1.85. The minimum Gasteiger partial charge on any atom is -0.346 e. The number of carbonyl (C=O) groups excluding carboxylic acids is 1. The van der Waals surface area contributed by atoms with Gasteiger partial charge >= 0.3 is 0 Å². The zero-order chi connectivity index (χ0) is 18.9. The van der Waals surface area contributed by atoms with E-state index in [9.17, 15) is 14.9 Å². The number of benzene rings is 1. The number of nitro groups is 1. The van der Waals surface area contributed by atoms with Crippen LogP contribution in [0.25, 0.3) is 10.9 Å². The van der Waals surface area contributed by atoms with Crippen molar-refractivity contribution in [2.24, 2.45) is 0 Å². The van der Waals surface area contributed by atoms with Crippen LogP contribution in [0.15, 0.2) is 48.7 Å². The van der Waals surface area contributed by atoms with Crippen molar-refractivity contribution in [3.8, 4) is 0 Å². The molecule has 3 rings (SSSR count). The largest absolute Gasteiger partial charge is 0.346 e. The lowest BCUT2D eigenvalue weighted by molar-refractivity contribution is -0.384. The number of hydrogen-bond acceptors (Lipinski definition) is 4. The first kappa shape index (κ1) is 17.6. The number of amides is 1. The minimum absolute atomic E-state index is 0.0641. The average Bonchev–Trinajstić information content (AvgIpc) is 2.96. The fraction of sp³-hybridized carbons (Fsp3) is 0.263. The van der Waals surface area contributed by atoms with Gasteiger partial charge in [-0.1, -0.05) is 6.07 Å². The van der Waals surface area contributed by atoms with Crippen LogP contribution in [-0.2, 0) is 6.54 Å². The summed E-state index contributed by atoms with van der Waals surface area (Å²) in [6.45, 7) is 6.22.